The zero-order chi connectivity index (χ0) is 16.8. The molecule has 0 unspecified atom stereocenters. The van der Waals surface area contributed by atoms with Crippen molar-refractivity contribution >= 4 is 35.0 Å². The molecule has 0 fully saturated rings. The number of amides is 1. The van der Waals surface area contributed by atoms with Crippen LogP contribution < -0.4 is 15.4 Å². The van der Waals surface area contributed by atoms with Crippen LogP contribution in [0, 0.1) is 6.92 Å². The molecule has 0 saturated carbocycles. The first-order valence-electron chi connectivity index (χ1n) is 6.92. The number of hydrogen-bond donors (Lipinski definition) is 2. The number of nitrogens with zero attached hydrogens (tertiary/aromatic N) is 2. The van der Waals surface area contributed by atoms with E-state index in [1.165, 1.54) is 0 Å². The Morgan fingerprint density at radius 3 is 2.57 bits per heavy atom. The van der Waals surface area contributed by atoms with Crippen LogP contribution in [-0.4, -0.2) is 30.0 Å². The summed E-state index contributed by atoms with van der Waals surface area (Å²) in [4.78, 5) is 11.3. The maximum absolute atomic E-state index is 11.3. The summed E-state index contributed by atoms with van der Waals surface area (Å²) in [5.41, 5.74) is 1.62. The first-order valence-corrected chi connectivity index (χ1v) is 7.30. The Morgan fingerprint density at radius 2 is 1.96 bits per heavy atom. The van der Waals surface area contributed by atoms with Crippen LogP contribution in [0.15, 0.2) is 24.3 Å². The van der Waals surface area contributed by atoms with Crippen molar-refractivity contribution in [3.63, 3.8) is 0 Å². The second kappa shape index (κ2) is 7.64. The zero-order valence-electron chi connectivity index (χ0n) is 13.0. The summed E-state index contributed by atoms with van der Waals surface area (Å²) in [6.07, 6.45) is -0.572. The molecule has 0 aliphatic heterocycles. The van der Waals surface area contributed by atoms with Gasteiger partial charge in [0.2, 0.25) is 0 Å². The Morgan fingerprint density at radius 1 is 1.26 bits per heavy atom. The fourth-order valence-corrected chi connectivity index (χ4v) is 1.96. The van der Waals surface area contributed by atoms with Gasteiger partial charge in [-0.1, -0.05) is 11.6 Å². The first-order chi connectivity index (χ1) is 11.0. The number of hydrogen-bond acceptors (Lipinski definition) is 6. The summed E-state index contributed by atoms with van der Waals surface area (Å²) in [7, 11) is 1.56. The normalized spacial score (nSPS) is 10.1. The third kappa shape index (κ3) is 4.46. The number of nitrogens with one attached hydrogen (secondary N) is 2. The highest BCUT2D eigenvalue weighted by Crippen LogP contribution is 2.32. The highest BCUT2D eigenvalue weighted by molar-refractivity contribution is 6.31. The molecule has 0 spiro atoms. The lowest BCUT2D eigenvalue weighted by Gasteiger charge is -2.12. The maximum atomic E-state index is 11.3. The average Bonchev–Trinajstić information content (AvgIpc) is 2.52. The summed E-state index contributed by atoms with van der Waals surface area (Å²) < 4.78 is 10.1. The Hall–Kier alpha value is -2.54. The molecule has 1 heterocycles. The van der Waals surface area contributed by atoms with E-state index in [9.17, 15) is 4.79 Å². The summed E-state index contributed by atoms with van der Waals surface area (Å²) in [6.45, 7) is 3.90. The summed E-state index contributed by atoms with van der Waals surface area (Å²) in [5.74, 6) is 1.39. The van der Waals surface area contributed by atoms with Gasteiger partial charge in [-0.05, 0) is 37.6 Å². The summed E-state index contributed by atoms with van der Waals surface area (Å²) in [5, 5.41) is 14.1. The Balaban J connectivity index is 2.12. The average molecular weight is 337 g/mol. The molecular weight excluding hydrogens is 320 g/mol. The molecule has 0 aliphatic rings. The molecule has 0 radical (unpaired) electrons. The second-order valence-corrected chi connectivity index (χ2v) is 4.98. The monoisotopic (exact) mass is 336 g/mol. The minimum Gasteiger partial charge on any atom is -0.495 e. The molecule has 8 heteroatoms. The molecule has 0 aliphatic carbocycles. The van der Waals surface area contributed by atoms with Crippen LogP contribution in [-0.2, 0) is 4.74 Å². The van der Waals surface area contributed by atoms with Gasteiger partial charge < -0.3 is 14.8 Å². The number of halogens is 1. The molecule has 0 bridgehead atoms. The van der Waals surface area contributed by atoms with Crippen molar-refractivity contribution in [3.05, 3.63) is 34.9 Å². The van der Waals surface area contributed by atoms with Crippen molar-refractivity contribution in [1.82, 2.24) is 10.2 Å². The molecule has 2 N–H and O–H groups in total. The lowest BCUT2D eigenvalue weighted by molar-refractivity contribution is 0.168. The van der Waals surface area contributed by atoms with Crippen LogP contribution in [0.2, 0.25) is 5.02 Å². The molecule has 1 aromatic heterocycles. The smallest absolute Gasteiger partial charge is 0.412 e. The number of carbonyl (C=O) groups is 1. The van der Waals surface area contributed by atoms with Crippen molar-refractivity contribution in [2.75, 3.05) is 24.4 Å². The number of anilines is 3. The molecule has 2 rings (SSSR count). The largest absolute Gasteiger partial charge is 0.495 e. The van der Waals surface area contributed by atoms with E-state index in [1.54, 1.807) is 32.2 Å². The molecule has 23 heavy (non-hydrogen) atoms. The first kappa shape index (κ1) is 16.8. The molecular formula is C15H17ClN4O3. The number of rotatable bonds is 5. The van der Waals surface area contributed by atoms with Crippen LogP contribution in [0.3, 0.4) is 0 Å². The van der Waals surface area contributed by atoms with Gasteiger partial charge in [-0.25, -0.2) is 4.79 Å². The van der Waals surface area contributed by atoms with E-state index >= 15 is 0 Å². The number of carbonyl (C=O) groups excluding carboxylic acids is 1. The topological polar surface area (TPSA) is 85.4 Å². The zero-order valence-corrected chi connectivity index (χ0v) is 13.8. The molecule has 0 atom stereocenters. The highest BCUT2D eigenvalue weighted by atomic mass is 35.5. The molecule has 1 aromatic carbocycles. The molecule has 1 amide bonds. The van der Waals surface area contributed by atoms with Crippen molar-refractivity contribution in [2.45, 2.75) is 13.8 Å². The van der Waals surface area contributed by atoms with Crippen LogP contribution in [0.5, 0.6) is 5.75 Å². The van der Waals surface area contributed by atoms with Gasteiger partial charge in [-0.2, -0.15) is 0 Å². The van der Waals surface area contributed by atoms with E-state index in [4.69, 9.17) is 21.1 Å². The van der Waals surface area contributed by atoms with Gasteiger partial charge in [0.1, 0.15) is 5.75 Å². The number of methoxy groups -OCH3 is 1. The Bertz CT molecular complexity index is 692. The standard InChI is InChI=1S/C15H17ClN4O3/c1-4-23-15(21)18-14-6-5-13(19-20-14)17-11-7-9(2)10(16)8-12(11)22-3/h5-8H,4H2,1-3H3,(H,17,19)(H,18,20,21). The van der Waals surface area contributed by atoms with Gasteiger partial charge in [0, 0.05) is 11.1 Å². The van der Waals surface area contributed by atoms with Crippen LogP contribution in [0.25, 0.3) is 0 Å². The van der Waals surface area contributed by atoms with Crippen molar-refractivity contribution in [2.24, 2.45) is 0 Å². The van der Waals surface area contributed by atoms with Gasteiger partial charge in [0.25, 0.3) is 0 Å². The third-order valence-corrected chi connectivity index (χ3v) is 3.32. The van der Waals surface area contributed by atoms with Crippen LogP contribution in [0.4, 0.5) is 22.1 Å². The summed E-state index contributed by atoms with van der Waals surface area (Å²) in [6, 6.07) is 6.87. The minimum absolute atomic E-state index is 0.286. The Kier molecular flexibility index (Phi) is 5.59. The van der Waals surface area contributed by atoms with E-state index in [0.29, 0.717) is 22.4 Å². The fourth-order valence-electron chi connectivity index (χ4n) is 1.81. The van der Waals surface area contributed by atoms with Gasteiger partial charge >= 0.3 is 6.09 Å². The lowest BCUT2D eigenvalue weighted by Crippen LogP contribution is -2.14. The SMILES string of the molecule is CCOC(=O)Nc1ccc(Nc2cc(C)c(Cl)cc2OC)nn1. The molecule has 0 saturated heterocycles. The van der Waals surface area contributed by atoms with E-state index in [1.807, 2.05) is 13.0 Å². The van der Waals surface area contributed by atoms with Crippen molar-refractivity contribution < 1.29 is 14.3 Å². The Labute approximate surface area is 139 Å². The van der Waals surface area contributed by atoms with E-state index < -0.39 is 6.09 Å². The number of ether oxygens (including phenoxy) is 2. The second-order valence-electron chi connectivity index (χ2n) is 4.58. The van der Waals surface area contributed by atoms with Crippen LogP contribution in [0.1, 0.15) is 12.5 Å². The van der Waals surface area contributed by atoms with Gasteiger partial charge in [0.05, 0.1) is 19.4 Å². The van der Waals surface area contributed by atoms with Gasteiger partial charge in [0.15, 0.2) is 11.6 Å². The van der Waals surface area contributed by atoms with Crippen LogP contribution >= 0.6 is 11.6 Å². The predicted octanol–water partition coefficient (Wildman–Crippen LogP) is 3.76. The lowest BCUT2D eigenvalue weighted by atomic mass is 10.2. The number of benzene rings is 1. The van der Waals surface area contributed by atoms with Crippen molar-refractivity contribution in [1.29, 1.82) is 0 Å². The third-order valence-electron chi connectivity index (χ3n) is 2.91. The van der Waals surface area contributed by atoms with E-state index in [2.05, 4.69) is 20.8 Å². The quantitative estimate of drug-likeness (QED) is 0.864. The number of aryl methyl sites for hydroxylation is 1. The van der Waals surface area contributed by atoms with Gasteiger partial charge in [-0.15, -0.1) is 10.2 Å². The van der Waals surface area contributed by atoms with E-state index in [0.717, 1.165) is 11.3 Å². The molecule has 7 nitrogen and oxygen atoms in total. The highest BCUT2D eigenvalue weighted by Gasteiger charge is 2.09. The van der Waals surface area contributed by atoms with E-state index in [-0.39, 0.29) is 6.61 Å². The molecule has 122 valence electrons. The summed E-state index contributed by atoms with van der Waals surface area (Å²) >= 11 is 6.07. The molecule has 2 aromatic rings. The predicted molar refractivity (Wildman–Crippen MR) is 88.7 cm³/mol. The van der Waals surface area contributed by atoms with Crippen molar-refractivity contribution in [3.8, 4) is 5.75 Å². The fraction of sp³-hybridized carbons (Fsp3) is 0.267. The minimum atomic E-state index is -0.572. The number of aromatic nitrogens is 2. The maximum Gasteiger partial charge on any atom is 0.412 e. The van der Waals surface area contributed by atoms with Gasteiger partial charge in [-0.3, -0.25) is 5.32 Å².